The van der Waals surface area contributed by atoms with Crippen LogP contribution in [0.4, 0.5) is 0 Å². The number of carbonyl (C=O) groups excluding carboxylic acids is 2. The van der Waals surface area contributed by atoms with Crippen molar-refractivity contribution in [1.29, 1.82) is 0 Å². The highest BCUT2D eigenvalue weighted by atomic mass is 35.5. The summed E-state index contributed by atoms with van der Waals surface area (Å²) in [6.07, 6.45) is 0. The van der Waals surface area contributed by atoms with Gasteiger partial charge in [-0.15, -0.1) is 0 Å². The molecule has 0 spiro atoms. The molecule has 0 bridgehead atoms. The minimum absolute atomic E-state index is 0.0463. The highest BCUT2D eigenvalue weighted by Gasteiger charge is 2.09. The van der Waals surface area contributed by atoms with Crippen molar-refractivity contribution in [1.82, 2.24) is 5.32 Å². The van der Waals surface area contributed by atoms with Crippen LogP contribution in [-0.2, 0) is 9.53 Å². The maximum Gasteiger partial charge on any atom is 0.338 e. The fraction of sp³-hybridized carbons (Fsp3) is 0.176. The molecule has 0 atom stereocenters. The molecule has 0 unspecified atom stereocenters. The van der Waals surface area contributed by atoms with Gasteiger partial charge in [0.2, 0.25) is 0 Å². The number of hydrogen-bond donors (Lipinski definition) is 2. The van der Waals surface area contributed by atoms with E-state index in [0.717, 1.165) is 0 Å². The summed E-state index contributed by atoms with van der Waals surface area (Å²) < 4.78 is 10.3. The molecule has 0 heterocycles. The van der Waals surface area contributed by atoms with E-state index in [9.17, 15) is 9.59 Å². The molecule has 0 aliphatic heterocycles. The van der Waals surface area contributed by atoms with E-state index >= 15 is 0 Å². The van der Waals surface area contributed by atoms with Crippen molar-refractivity contribution < 1.29 is 24.2 Å². The van der Waals surface area contributed by atoms with Crippen LogP contribution in [0.1, 0.15) is 10.4 Å². The van der Waals surface area contributed by atoms with Crippen LogP contribution in [0.5, 0.6) is 11.5 Å². The molecule has 0 saturated heterocycles. The first kappa shape index (κ1) is 17.6. The summed E-state index contributed by atoms with van der Waals surface area (Å²) in [4.78, 5) is 23.3. The number of esters is 1. The van der Waals surface area contributed by atoms with E-state index in [1.54, 1.807) is 24.3 Å². The summed E-state index contributed by atoms with van der Waals surface area (Å²) >= 11 is 5.76. The molecule has 126 valence electrons. The molecule has 2 rings (SSSR count). The first-order chi connectivity index (χ1) is 11.5. The first-order valence-electron chi connectivity index (χ1n) is 7.16. The molecule has 24 heavy (non-hydrogen) atoms. The van der Waals surface area contributed by atoms with Gasteiger partial charge in [-0.1, -0.05) is 11.6 Å². The van der Waals surface area contributed by atoms with Crippen LogP contribution in [0.15, 0.2) is 48.5 Å². The van der Waals surface area contributed by atoms with Crippen LogP contribution in [0.25, 0.3) is 0 Å². The maximum absolute atomic E-state index is 11.7. The second-order valence-electron chi connectivity index (χ2n) is 4.78. The van der Waals surface area contributed by atoms with Crippen molar-refractivity contribution in [2.45, 2.75) is 0 Å². The molecule has 7 heteroatoms. The van der Waals surface area contributed by atoms with Crippen LogP contribution in [-0.4, -0.2) is 36.7 Å². The molecule has 0 aliphatic carbocycles. The molecule has 0 saturated carbocycles. The zero-order valence-electron chi connectivity index (χ0n) is 12.7. The summed E-state index contributed by atoms with van der Waals surface area (Å²) in [7, 11) is 0. The Morgan fingerprint density at radius 3 is 2.38 bits per heavy atom. The zero-order chi connectivity index (χ0) is 17.4. The fourth-order valence-electron chi connectivity index (χ4n) is 1.75. The third kappa shape index (κ3) is 5.81. The molecule has 2 N–H and O–H groups in total. The van der Waals surface area contributed by atoms with E-state index in [1.807, 2.05) is 0 Å². The number of ether oxygens (including phenoxy) is 2. The predicted molar refractivity (Wildman–Crippen MR) is 88.3 cm³/mol. The summed E-state index contributed by atoms with van der Waals surface area (Å²) in [5, 5.41) is 12.3. The normalized spacial score (nSPS) is 10.0. The van der Waals surface area contributed by atoms with Gasteiger partial charge in [0.15, 0.2) is 6.61 Å². The molecular formula is C17H16ClNO5. The van der Waals surface area contributed by atoms with Crippen molar-refractivity contribution in [2.24, 2.45) is 0 Å². The number of nitrogens with one attached hydrogen (secondary N) is 1. The number of phenolic OH excluding ortho intramolecular Hbond substituents is 1. The monoisotopic (exact) mass is 349 g/mol. The minimum atomic E-state index is -0.637. The standard InChI is InChI=1S/C17H16ClNO5/c18-13-3-7-15(8-4-13)23-10-9-19-16(21)11-24-17(22)12-1-5-14(20)6-2-12/h1-8,20H,9-11H2,(H,19,21). The van der Waals surface area contributed by atoms with Crippen LogP contribution >= 0.6 is 11.6 Å². The predicted octanol–water partition coefficient (Wildman–Crippen LogP) is 2.40. The van der Waals surface area contributed by atoms with E-state index in [4.69, 9.17) is 26.2 Å². The molecule has 0 aliphatic rings. The van der Waals surface area contributed by atoms with E-state index in [-0.39, 0.29) is 31.1 Å². The Kier molecular flexibility index (Phi) is 6.45. The lowest BCUT2D eigenvalue weighted by Gasteiger charge is -2.08. The van der Waals surface area contributed by atoms with E-state index in [0.29, 0.717) is 10.8 Å². The third-order valence-electron chi connectivity index (χ3n) is 2.94. The van der Waals surface area contributed by atoms with Gasteiger partial charge >= 0.3 is 5.97 Å². The fourth-order valence-corrected chi connectivity index (χ4v) is 1.88. The number of aromatic hydroxyl groups is 1. The highest BCUT2D eigenvalue weighted by Crippen LogP contribution is 2.15. The van der Waals surface area contributed by atoms with Crippen molar-refractivity contribution >= 4 is 23.5 Å². The minimum Gasteiger partial charge on any atom is -0.508 e. The molecular weight excluding hydrogens is 334 g/mol. The zero-order valence-corrected chi connectivity index (χ0v) is 13.5. The smallest absolute Gasteiger partial charge is 0.338 e. The lowest BCUT2D eigenvalue weighted by molar-refractivity contribution is -0.124. The van der Waals surface area contributed by atoms with Crippen molar-refractivity contribution in [2.75, 3.05) is 19.8 Å². The molecule has 0 radical (unpaired) electrons. The number of amides is 1. The van der Waals surface area contributed by atoms with Crippen LogP contribution in [0.3, 0.4) is 0 Å². The average molecular weight is 350 g/mol. The van der Waals surface area contributed by atoms with Gasteiger partial charge < -0.3 is 19.9 Å². The van der Waals surface area contributed by atoms with Gasteiger partial charge in [0.25, 0.3) is 5.91 Å². The van der Waals surface area contributed by atoms with Gasteiger partial charge in [0, 0.05) is 5.02 Å². The van der Waals surface area contributed by atoms with E-state index < -0.39 is 11.9 Å². The molecule has 2 aromatic rings. The molecule has 6 nitrogen and oxygen atoms in total. The van der Waals surface area contributed by atoms with Gasteiger partial charge in [-0.3, -0.25) is 4.79 Å². The molecule has 0 fully saturated rings. The number of benzene rings is 2. The van der Waals surface area contributed by atoms with E-state index in [1.165, 1.54) is 24.3 Å². The Hall–Kier alpha value is -2.73. The van der Waals surface area contributed by atoms with Gasteiger partial charge in [-0.05, 0) is 48.5 Å². The summed E-state index contributed by atoms with van der Waals surface area (Å²) in [5.74, 6) is -0.373. The van der Waals surface area contributed by atoms with Gasteiger partial charge in [-0.25, -0.2) is 4.79 Å². The second-order valence-corrected chi connectivity index (χ2v) is 5.21. The number of carbonyl (C=O) groups is 2. The lowest BCUT2D eigenvalue weighted by Crippen LogP contribution is -2.32. The number of hydrogen-bond acceptors (Lipinski definition) is 5. The van der Waals surface area contributed by atoms with Crippen molar-refractivity contribution in [3.8, 4) is 11.5 Å². The third-order valence-corrected chi connectivity index (χ3v) is 3.20. The Labute approximate surface area is 144 Å². The number of halogens is 1. The first-order valence-corrected chi connectivity index (χ1v) is 7.53. The quantitative estimate of drug-likeness (QED) is 0.592. The van der Waals surface area contributed by atoms with Crippen molar-refractivity contribution in [3.05, 3.63) is 59.1 Å². The molecule has 1 amide bonds. The van der Waals surface area contributed by atoms with Crippen LogP contribution < -0.4 is 10.1 Å². The molecule has 2 aromatic carbocycles. The van der Waals surface area contributed by atoms with E-state index in [2.05, 4.69) is 5.32 Å². The second kappa shape index (κ2) is 8.79. The topological polar surface area (TPSA) is 84.9 Å². The Balaban J connectivity index is 1.63. The molecule has 0 aromatic heterocycles. The summed E-state index contributed by atoms with van der Waals surface area (Å²) in [5.41, 5.74) is 0.256. The van der Waals surface area contributed by atoms with Crippen LogP contribution in [0.2, 0.25) is 5.02 Å². The van der Waals surface area contributed by atoms with Crippen LogP contribution in [0, 0.1) is 0 Å². The Morgan fingerprint density at radius 2 is 1.71 bits per heavy atom. The number of rotatable bonds is 7. The Bertz CT molecular complexity index is 685. The Morgan fingerprint density at radius 1 is 1.04 bits per heavy atom. The summed E-state index contributed by atoms with van der Waals surface area (Å²) in [6, 6.07) is 12.4. The highest BCUT2D eigenvalue weighted by molar-refractivity contribution is 6.30. The largest absolute Gasteiger partial charge is 0.508 e. The number of phenols is 1. The van der Waals surface area contributed by atoms with Gasteiger partial charge in [-0.2, -0.15) is 0 Å². The lowest BCUT2D eigenvalue weighted by atomic mass is 10.2. The van der Waals surface area contributed by atoms with Gasteiger partial charge in [0.1, 0.15) is 18.1 Å². The average Bonchev–Trinajstić information content (AvgIpc) is 2.59. The van der Waals surface area contributed by atoms with Gasteiger partial charge in [0.05, 0.1) is 12.1 Å². The van der Waals surface area contributed by atoms with Crippen molar-refractivity contribution in [3.63, 3.8) is 0 Å². The SMILES string of the molecule is O=C(COC(=O)c1ccc(O)cc1)NCCOc1ccc(Cl)cc1. The summed E-state index contributed by atoms with van der Waals surface area (Å²) in [6.45, 7) is 0.165. The maximum atomic E-state index is 11.7.